The van der Waals surface area contributed by atoms with Gasteiger partial charge in [-0.3, -0.25) is 4.79 Å². The van der Waals surface area contributed by atoms with Crippen LogP contribution >= 0.6 is 11.3 Å². The molecule has 0 saturated carbocycles. The number of rotatable bonds is 5. The molecular weight excluding hydrogens is 230 g/mol. The van der Waals surface area contributed by atoms with Gasteiger partial charge in [-0.25, -0.2) is 4.79 Å². The van der Waals surface area contributed by atoms with Crippen LogP contribution in [0.15, 0.2) is 11.4 Å². The van der Waals surface area contributed by atoms with Crippen LogP contribution in [0.1, 0.15) is 23.0 Å². The van der Waals surface area contributed by atoms with E-state index in [1.54, 1.807) is 18.4 Å². The van der Waals surface area contributed by atoms with Crippen LogP contribution in [0.5, 0.6) is 5.75 Å². The van der Waals surface area contributed by atoms with Crippen molar-refractivity contribution in [3.05, 3.63) is 16.3 Å². The van der Waals surface area contributed by atoms with E-state index < -0.39 is 12.0 Å². The number of amides is 1. The zero-order valence-electron chi connectivity index (χ0n) is 9.02. The van der Waals surface area contributed by atoms with Crippen molar-refractivity contribution >= 4 is 23.2 Å². The molecule has 0 saturated heterocycles. The van der Waals surface area contributed by atoms with E-state index in [4.69, 9.17) is 9.84 Å². The third-order valence-corrected chi connectivity index (χ3v) is 2.95. The summed E-state index contributed by atoms with van der Waals surface area (Å²) in [7, 11) is 1.51. The minimum atomic E-state index is -1.03. The number of hydrogen-bond donors (Lipinski definition) is 2. The van der Waals surface area contributed by atoms with Crippen LogP contribution < -0.4 is 10.1 Å². The Labute approximate surface area is 97.0 Å². The molecule has 2 N–H and O–H groups in total. The highest BCUT2D eigenvalue weighted by molar-refractivity contribution is 7.12. The first-order chi connectivity index (χ1) is 7.58. The van der Waals surface area contributed by atoms with E-state index in [1.807, 2.05) is 0 Å². The highest BCUT2D eigenvalue weighted by atomic mass is 32.1. The van der Waals surface area contributed by atoms with Crippen molar-refractivity contribution in [1.29, 1.82) is 0 Å². The summed E-state index contributed by atoms with van der Waals surface area (Å²) in [5, 5.41) is 12.9. The van der Waals surface area contributed by atoms with Gasteiger partial charge in [0.1, 0.15) is 11.8 Å². The summed E-state index contributed by atoms with van der Waals surface area (Å²) >= 11 is 1.22. The topological polar surface area (TPSA) is 75.6 Å². The lowest BCUT2D eigenvalue weighted by Gasteiger charge is -2.10. The molecule has 16 heavy (non-hydrogen) atoms. The highest BCUT2D eigenvalue weighted by Gasteiger charge is 2.19. The third kappa shape index (κ3) is 2.96. The summed E-state index contributed by atoms with van der Waals surface area (Å²) in [5.41, 5.74) is 0. The number of nitrogens with one attached hydrogen (secondary N) is 1. The molecule has 0 aliphatic heterocycles. The van der Waals surface area contributed by atoms with E-state index in [2.05, 4.69) is 5.32 Å². The Hall–Kier alpha value is -1.56. The van der Waals surface area contributed by atoms with Gasteiger partial charge in [0.25, 0.3) is 5.91 Å². The van der Waals surface area contributed by atoms with Crippen LogP contribution in [0, 0.1) is 0 Å². The second-order valence-corrected chi connectivity index (χ2v) is 4.03. The summed E-state index contributed by atoms with van der Waals surface area (Å²) in [6.45, 7) is 1.70. The maximum atomic E-state index is 11.6. The fraction of sp³-hybridized carbons (Fsp3) is 0.400. The van der Waals surface area contributed by atoms with E-state index in [-0.39, 0.29) is 5.91 Å². The van der Waals surface area contributed by atoms with Crippen molar-refractivity contribution in [3.8, 4) is 5.75 Å². The molecule has 0 aromatic carbocycles. The summed E-state index contributed by atoms with van der Waals surface area (Å²) < 4.78 is 4.94. The van der Waals surface area contributed by atoms with Gasteiger partial charge in [-0.05, 0) is 6.42 Å². The number of ether oxygens (including phenoxy) is 1. The van der Waals surface area contributed by atoms with Crippen molar-refractivity contribution in [2.75, 3.05) is 7.11 Å². The summed E-state index contributed by atoms with van der Waals surface area (Å²) in [6.07, 6.45) is 0.351. The molecule has 88 valence electrons. The SMILES string of the molecule is CC[C@H](NC(=O)c1cc(OC)cs1)C(=O)O. The molecule has 1 heterocycles. The monoisotopic (exact) mass is 243 g/mol. The second kappa shape index (κ2) is 5.50. The van der Waals surface area contributed by atoms with Gasteiger partial charge < -0.3 is 15.2 Å². The number of carboxylic acids is 1. The zero-order valence-corrected chi connectivity index (χ0v) is 9.84. The average molecular weight is 243 g/mol. The van der Waals surface area contributed by atoms with Crippen molar-refractivity contribution in [2.45, 2.75) is 19.4 Å². The van der Waals surface area contributed by atoms with E-state index >= 15 is 0 Å². The van der Waals surface area contributed by atoms with E-state index in [0.29, 0.717) is 17.0 Å². The number of carboxylic acid groups (broad SMARTS) is 1. The Kier molecular flexibility index (Phi) is 4.30. The third-order valence-electron chi connectivity index (χ3n) is 2.05. The van der Waals surface area contributed by atoms with E-state index in [9.17, 15) is 9.59 Å². The Balaban J connectivity index is 2.67. The molecule has 1 aromatic heterocycles. The van der Waals surface area contributed by atoms with Gasteiger partial charge in [-0.2, -0.15) is 0 Å². The summed E-state index contributed by atoms with van der Waals surface area (Å²) in [6, 6.07) is 0.731. The average Bonchev–Trinajstić information content (AvgIpc) is 2.73. The van der Waals surface area contributed by atoms with Gasteiger partial charge in [0.15, 0.2) is 0 Å². The molecule has 0 fully saturated rings. The lowest BCUT2D eigenvalue weighted by Crippen LogP contribution is -2.39. The predicted octanol–water partition coefficient (Wildman–Crippen LogP) is 1.35. The lowest BCUT2D eigenvalue weighted by molar-refractivity contribution is -0.139. The molecule has 0 unspecified atom stereocenters. The van der Waals surface area contributed by atoms with E-state index in [0.717, 1.165) is 0 Å². The maximum Gasteiger partial charge on any atom is 0.326 e. The van der Waals surface area contributed by atoms with Crippen LogP contribution in [0.3, 0.4) is 0 Å². The Morgan fingerprint density at radius 1 is 1.62 bits per heavy atom. The van der Waals surface area contributed by atoms with Crippen molar-refractivity contribution in [3.63, 3.8) is 0 Å². The Morgan fingerprint density at radius 3 is 2.75 bits per heavy atom. The second-order valence-electron chi connectivity index (χ2n) is 3.12. The molecule has 1 aromatic rings. The van der Waals surface area contributed by atoms with Crippen LogP contribution in [-0.4, -0.2) is 30.1 Å². The largest absolute Gasteiger partial charge is 0.496 e. The number of methoxy groups -OCH3 is 1. The number of carbonyl (C=O) groups excluding carboxylic acids is 1. The van der Waals surface area contributed by atoms with Gasteiger partial charge >= 0.3 is 5.97 Å². The fourth-order valence-corrected chi connectivity index (χ4v) is 1.87. The van der Waals surface area contributed by atoms with Gasteiger partial charge in [0.05, 0.1) is 12.0 Å². The van der Waals surface area contributed by atoms with Crippen molar-refractivity contribution in [2.24, 2.45) is 0 Å². The van der Waals surface area contributed by atoms with Gasteiger partial charge in [0, 0.05) is 11.4 Å². The predicted molar refractivity (Wildman–Crippen MR) is 60.1 cm³/mol. The summed E-state index contributed by atoms with van der Waals surface area (Å²) in [5.74, 6) is -0.819. The number of aliphatic carboxylic acids is 1. The number of carbonyl (C=O) groups is 2. The molecule has 0 radical (unpaired) electrons. The van der Waals surface area contributed by atoms with Crippen LogP contribution in [0.2, 0.25) is 0 Å². The van der Waals surface area contributed by atoms with Crippen LogP contribution in [0.4, 0.5) is 0 Å². The smallest absolute Gasteiger partial charge is 0.326 e. The van der Waals surface area contributed by atoms with Crippen molar-refractivity contribution in [1.82, 2.24) is 5.32 Å². The highest BCUT2D eigenvalue weighted by Crippen LogP contribution is 2.20. The first kappa shape index (κ1) is 12.5. The molecule has 1 amide bonds. The first-order valence-electron chi connectivity index (χ1n) is 4.74. The lowest BCUT2D eigenvalue weighted by atomic mass is 10.2. The van der Waals surface area contributed by atoms with Crippen LogP contribution in [0.25, 0.3) is 0 Å². The van der Waals surface area contributed by atoms with Gasteiger partial charge in [0.2, 0.25) is 0 Å². The number of thiophene rings is 1. The molecule has 0 bridgehead atoms. The molecule has 1 rings (SSSR count). The minimum absolute atomic E-state index is 0.351. The van der Waals surface area contributed by atoms with Gasteiger partial charge in [-0.1, -0.05) is 6.92 Å². The fourth-order valence-electron chi connectivity index (χ4n) is 1.11. The molecule has 0 aliphatic carbocycles. The number of hydrogen-bond acceptors (Lipinski definition) is 4. The Morgan fingerprint density at radius 2 is 2.31 bits per heavy atom. The molecule has 0 aliphatic rings. The molecular formula is C10H13NO4S. The molecule has 0 spiro atoms. The van der Waals surface area contributed by atoms with Crippen LogP contribution in [-0.2, 0) is 4.79 Å². The molecule has 1 atom stereocenters. The standard InChI is InChI=1S/C10H13NO4S/c1-3-7(10(13)14)11-9(12)8-4-6(15-2)5-16-8/h4-5,7H,3H2,1-2H3,(H,11,12)(H,13,14)/t7-/m0/s1. The first-order valence-corrected chi connectivity index (χ1v) is 5.62. The van der Waals surface area contributed by atoms with E-state index in [1.165, 1.54) is 18.4 Å². The van der Waals surface area contributed by atoms with Crippen molar-refractivity contribution < 1.29 is 19.4 Å². The summed E-state index contributed by atoms with van der Waals surface area (Å²) in [4.78, 5) is 22.8. The Bertz CT molecular complexity index is 388. The molecule has 6 heteroatoms. The quantitative estimate of drug-likeness (QED) is 0.818. The zero-order chi connectivity index (χ0) is 12.1. The maximum absolute atomic E-state index is 11.6. The van der Waals surface area contributed by atoms with Gasteiger partial charge in [-0.15, -0.1) is 11.3 Å². The minimum Gasteiger partial charge on any atom is -0.496 e. The molecule has 5 nitrogen and oxygen atoms in total. The normalized spacial score (nSPS) is 11.9.